The highest BCUT2D eigenvalue weighted by Crippen LogP contribution is 2.39. The molecular formula is C15H15N3OS. The van der Waals surface area contributed by atoms with Crippen molar-refractivity contribution in [1.82, 2.24) is 14.9 Å². The van der Waals surface area contributed by atoms with Crippen LogP contribution >= 0.6 is 11.8 Å². The summed E-state index contributed by atoms with van der Waals surface area (Å²) in [6.45, 7) is 2.42. The molecule has 2 aromatic rings. The molecule has 1 saturated heterocycles. The molecule has 1 atom stereocenters. The quantitative estimate of drug-likeness (QED) is 0.869. The smallest absolute Gasteiger partial charge is 0.234 e. The molecule has 1 fully saturated rings. The van der Waals surface area contributed by atoms with Gasteiger partial charge in [0.05, 0.1) is 29.9 Å². The Morgan fingerprint density at radius 1 is 1.25 bits per heavy atom. The molecule has 1 aromatic carbocycles. The van der Waals surface area contributed by atoms with E-state index in [9.17, 15) is 4.79 Å². The number of aromatic nitrogens is 2. The van der Waals surface area contributed by atoms with E-state index in [4.69, 9.17) is 0 Å². The third-order valence-corrected chi connectivity index (χ3v) is 4.48. The third kappa shape index (κ3) is 2.67. The first kappa shape index (κ1) is 13.1. The van der Waals surface area contributed by atoms with E-state index >= 15 is 0 Å². The van der Waals surface area contributed by atoms with Crippen molar-refractivity contribution in [3.05, 3.63) is 59.7 Å². The van der Waals surface area contributed by atoms with E-state index in [-0.39, 0.29) is 11.3 Å². The van der Waals surface area contributed by atoms with Gasteiger partial charge in [-0.1, -0.05) is 30.3 Å². The average molecular weight is 285 g/mol. The number of hydrogen-bond donors (Lipinski definition) is 0. The predicted octanol–water partition coefficient (Wildman–Crippen LogP) is 2.56. The summed E-state index contributed by atoms with van der Waals surface area (Å²) >= 11 is 1.66. The van der Waals surface area contributed by atoms with Crippen molar-refractivity contribution in [2.45, 2.75) is 18.8 Å². The second kappa shape index (κ2) is 5.63. The largest absolute Gasteiger partial charge is 0.320 e. The lowest BCUT2D eigenvalue weighted by molar-refractivity contribution is -0.128. The topological polar surface area (TPSA) is 46.1 Å². The van der Waals surface area contributed by atoms with Crippen molar-refractivity contribution in [3.8, 4) is 0 Å². The summed E-state index contributed by atoms with van der Waals surface area (Å²) in [5, 5.41) is 0.0757. The molecule has 102 valence electrons. The first-order chi connectivity index (χ1) is 9.74. The molecule has 3 rings (SSSR count). The van der Waals surface area contributed by atoms with Crippen LogP contribution in [0.15, 0.2) is 42.7 Å². The van der Waals surface area contributed by atoms with Crippen molar-refractivity contribution in [1.29, 1.82) is 0 Å². The zero-order valence-electron chi connectivity index (χ0n) is 11.2. The Morgan fingerprint density at radius 2 is 2.05 bits per heavy atom. The van der Waals surface area contributed by atoms with Crippen LogP contribution in [-0.4, -0.2) is 26.5 Å². The summed E-state index contributed by atoms with van der Waals surface area (Å²) in [7, 11) is 0. The van der Waals surface area contributed by atoms with Crippen LogP contribution in [-0.2, 0) is 11.3 Å². The fourth-order valence-electron chi connectivity index (χ4n) is 2.19. The zero-order valence-corrected chi connectivity index (χ0v) is 12.0. The molecule has 1 aliphatic heterocycles. The fourth-order valence-corrected chi connectivity index (χ4v) is 3.38. The lowest BCUT2D eigenvalue weighted by Gasteiger charge is -2.23. The van der Waals surface area contributed by atoms with Crippen LogP contribution < -0.4 is 0 Å². The van der Waals surface area contributed by atoms with Gasteiger partial charge in [-0.25, -0.2) is 0 Å². The Morgan fingerprint density at radius 3 is 2.75 bits per heavy atom. The monoisotopic (exact) mass is 285 g/mol. The van der Waals surface area contributed by atoms with E-state index in [1.54, 1.807) is 24.2 Å². The van der Waals surface area contributed by atoms with Gasteiger partial charge < -0.3 is 4.90 Å². The van der Waals surface area contributed by atoms with Gasteiger partial charge in [0.1, 0.15) is 5.37 Å². The van der Waals surface area contributed by atoms with E-state index in [1.807, 2.05) is 30.0 Å². The SMILES string of the molecule is Cc1cnc(CN2C(=O)CSC2c2ccccc2)cn1. The minimum Gasteiger partial charge on any atom is -0.320 e. The molecule has 1 unspecified atom stereocenters. The second-order valence-electron chi connectivity index (χ2n) is 4.74. The fraction of sp³-hybridized carbons (Fsp3) is 0.267. The highest BCUT2D eigenvalue weighted by Gasteiger charge is 2.32. The summed E-state index contributed by atoms with van der Waals surface area (Å²) in [6, 6.07) is 10.1. The molecule has 2 heterocycles. The normalized spacial score (nSPS) is 18.6. The second-order valence-corrected chi connectivity index (χ2v) is 5.81. The average Bonchev–Trinajstić information content (AvgIpc) is 2.84. The molecule has 1 amide bonds. The van der Waals surface area contributed by atoms with E-state index in [0.717, 1.165) is 17.0 Å². The van der Waals surface area contributed by atoms with Gasteiger partial charge in [0, 0.05) is 6.20 Å². The first-order valence-electron chi connectivity index (χ1n) is 6.47. The summed E-state index contributed by atoms with van der Waals surface area (Å²) in [5.74, 6) is 0.685. The number of amides is 1. The van der Waals surface area contributed by atoms with Crippen LogP contribution in [0.5, 0.6) is 0 Å². The van der Waals surface area contributed by atoms with Crippen LogP contribution in [0.3, 0.4) is 0 Å². The Labute approximate surface area is 122 Å². The minimum absolute atomic E-state index is 0.0757. The van der Waals surface area contributed by atoms with Crippen molar-refractivity contribution < 1.29 is 4.79 Å². The summed E-state index contributed by atoms with van der Waals surface area (Å²) in [5.41, 5.74) is 2.87. The number of aryl methyl sites for hydroxylation is 1. The molecule has 0 spiro atoms. The van der Waals surface area contributed by atoms with Crippen molar-refractivity contribution >= 4 is 17.7 Å². The lowest BCUT2D eigenvalue weighted by Crippen LogP contribution is -2.28. The summed E-state index contributed by atoms with van der Waals surface area (Å²) in [6.07, 6.45) is 3.48. The molecule has 0 N–H and O–H groups in total. The molecule has 4 nitrogen and oxygen atoms in total. The maximum Gasteiger partial charge on any atom is 0.234 e. The Balaban J connectivity index is 1.82. The van der Waals surface area contributed by atoms with Crippen LogP contribution in [0.4, 0.5) is 0 Å². The number of benzene rings is 1. The molecule has 1 aromatic heterocycles. The van der Waals surface area contributed by atoms with Crippen molar-refractivity contribution in [2.24, 2.45) is 0 Å². The van der Waals surface area contributed by atoms with Gasteiger partial charge in [-0.3, -0.25) is 14.8 Å². The van der Waals surface area contributed by atoms with Gasteiger partial charge in [0.25, 0.3) is 0 Å². The molecule has 0 bridgehead atoms. The molecule has 1 aliphatic rings. The lowest BCUT2D eigenvalue weighted by atomic mass is 10.2. The number of carbonyl (C=O) groups is 1. The first-order valence-corrected chi connectivity index (χ1v) is 7.52. The van der Waals surface area contributed by atoms with Crippen LogP contribution in [0.2, 0.25) is 0 Å². The Bertz CT molecular complexity index is 600. The number of thioether (sulfide) groups is 1. The maximum absolute atomic E-state index is 12.1. The number of nitrogens with zero attached hydrogens (tertiary/aromatic N) is 3. The van der Waals surface area contributed by atoms with Gasteiger partial charge in [-0.05, 0) is 12.5 Å². The molecule has 0 radical (unpaired) electrons. The van der Waals surface area contributed by atoms with Gasteiger partial charge in [-0.2, -0.15) is 0 Å². The number of carbonyl (C=O) groups excluding carboxylic acids is 1. The van der Waals surface area contributed by atoms with Crippen LogP contribution in [0, 0.1) is 6.92 Å². The van der Waals surface area contributed by atoms with E-state index in [2.05, 4.69) is 22.1 Å². The van der Waals surface area contributed by atoms with Crippen LogP contribution in [0.25, 0.3) is 0 Å². The zero-order chi connectivity index (χ0) is 13.9. The highest BCUT2D eigenvalue weighted by molar-refractivity contribution is 8.00. The third-order valence-electron chi connectivity index (χ3n) is 3.22. The number of hydrogen-bond acceptors (Lipinski definition) is 4. The summed E-state index contributed by atoms with van der Waals surface area (Å²) in [4.78, 5) is 22.5. The van der Waals surface area contributed by atoms with Gasteiger partial charge in [0.2, 0.25) is 5.91 Å². The van der Waals surface area contributed by atoms with E-state index in [1.165, 1.54) is 0 Å². The van der Waals surface area contributed by atoms with Crippen molar-refractivity contribution in [3.63, 3.8) is 0 Å². The molecule has 5 heteroatoms. The predicted molar refractivity (Wildman–Crippen MR) is 79.0 cm³/mol. The maximum atomic E-state index is 12.1. The molecular weight excluding hydrogens is 270 g/mol. The standard InChI is InChI=1S/C15H15N3OS/c1-11-7-17-13(8-16-11)9-18-14(19)10-20-15(18)12-5-3-2-4-6-12/h2-8,15H,9-10H2,1H3. The van der Waals surface area contributed by atoms with Crippen molar-refractivity contribution in [2.75, 3.05) is 5.75 Å². The molecule has 0 saturated carbocycles. The van der Waals surface area contributed by atoms with E-state index < -0.39 is 0 Å². The minimum atomic E-state index is 0.0757. The van der Waals surface area contributed by atoms with E-state index in [0.29, 0.717) is 12.3 Å². The number of rotatable bonds is 3. The Hall–Kier alpha value is -1.88. The van der Waals surface area contributed by atoms with Gasteiger partial charge in [-0.15, -0.1) is 11.8 Å². The molecule has 0 aliphatic carbocycles. The highest BCUT2D eigenvalue weighted by atomic mass is 32.2. The summed E-state index contributed by atoms with van der Waals surface area (Å²) < 4.78 is 0. The van der Waals surface area contributed by atoms with Gasteiger partial charge in [0.15, 0.2) is 0 Å². The van der Waals surface area contributed by atoms with Crippen LogP contribution in [0.1, 0.15) is 22.3 Å². The van der Waals surface area contributed by atoms with Gasteiger partial charge >= 0.3 is 0 Å². The Kier molecular flexibility index (Phi) is 3.69. The molecule has 20 heavy (non-hydrogen) atoms.